The Labute approximate surface area is 144 Å². The molecule has 0 aromatic carbocycles. The van der Waals surface area contributed by atoms with Crippen LogP contribution >= 0.6 is 37.9 Å². The Morgan fingerprint density at radius 3 is 0.538 bits per heavy atom. The molecule has 0 nitrogen and oxygen atoms in total. The summed E-state index contributed by atoms with van der Waals surface area (Å²) in [4.78, 5) is 0. The predicted octanol–water partition coefficient (Wildman–Crippen LogP) is 3.59. The molecule has 0 rings (SSSR count). The first-order valence-electron chi connectivity index (χ1n) is 4.24. The smallest absolute Gasteiger partial charge is 0 e. The first-order valence-corrected chi connectivity index (χ1v) is 5.79. The average Bonchev–Trinajstić information content (AvgIpc) is 1.54. The molecule has 0 bridgehead atoms. The van der Waals surface area contributed by atoms with Gasteiger partial charge in [-0.3, -0.25) is 0 Å². The molecule has 0 saturated heterocycles. The maximum absolute atomic E-state index is 3.97. The third-order valence-electron chi connectivity index (χ3n) is 0. The predicted molar refractivity (Wildman–Crippen MR) is 78.1 cm³/mol. The van der Waals surface area contributed by atoms with Gasteiger partial charge in [-0.15, -0.1) is 0 Å². The van der Waals surface area contributed by atoms with Crippen LogP contribution < -0.4 is 0 Å². The van der Waals surface area contributed by atoms with E-state index in [0.29, 0.717) is 15.7 Å². The molecule has 0 aliphatic heterocycles. The zero-order valence-corrected chi connectivity index (χ0v) is 15.9. The van der Waals surface area contributed by atoms with Crippen molar-refractivity contribution in [1.82, 2.24) is 0 Å². The summed E-state index contributed by atoms with van der Waals surface area (Å²) in [5.74, 6) is 0. The van der Waals surface area contributed by atoms with Gasteiger partial charge in [0.05, 0.1) is 0 Å². The first kappa shape index (κ1) is 24.8. The fourth-order valence-electron chi connectivity index (χ4n) is 0. The molecule has 0 atom stereocenters. The maximum atomic E-state index is 3.97. The number of hydrogen-bond donors (Lipinski definition) is 3. The van der Waals surface area contributed by atoms with E-state index in [2.05, 4.69) is 37.9 Å². The van der Waals surface area contributed by atoms with Gasteiger partial charge in [-0.2, -0.15) is 37.9 Å². The fraction of sp³-hybridized carbons (Fsp3) is 1.00. The molecular weight excluding hydrogens is 243 g/mol. The van der Waals surface area contributed by atoms with E-state index in [1.807, 2.05) is 41.5 Å². The summed E-state index contributed by atoms with van der Waals surface area (Å²) in [6, 6.07) is 0. The van der Waals surface area contributed by atoms with Gasteiger partial charge in [-0.1, -0.05) is 41.5 Å². The van der Waals surface area contributed by atoms with Crippen molar-refractivity contribution >= 4 is 89.3 Å². The van der Waals surface area contributed by atoms with Crippen LogP contribution in [0.4, 0.5) is 0 Å². The van der Waals surface area contributed by atoms with E-state index in [0.717, 1.165) is 0 Å². The van der Waals surface area contributed by atoms with Crippen LogP contribution in [0.1, 0.15) is 41.5 Å². The summed E-state index contributed by atoms with van der Waals surface area (Å²) < 4.78 is 0. The van der Waals surface area contributed by atoms with E-state index in [-0.39, 0.29) is 51.4 Å². The second kappa shape index (κ2) is 20.1. The van der Waals surface area contributed by atoms with Crippen molar-refractivity contribution in [3.63, 3.8) is 0 Å². The van der Waals surface area contributed by atoms with Crippen molar-refractivity contribution in [2.75, 3.05) is 0 Å². The van der Waals surface area contributed by atoms with Crippen LogP contribution in [0.25, 0.3) is 0 Å². The van der Waals surface area contributed by atoms with Crippen LogP contribution in [-0.2, 0) is 0 Å². The van der Waals surface area contributed by atoms with E-state index in [1.165, 1.54) is 0 Å². The molecule has 0 saturated carbocycles. The largest absolute Gasteiger partial charge is 0.177 e. The molecule has 13 heavy (non-hydrogen) atoms. The first-order chi connectivity index (χ1) is 5.20. The van der Waals surface area contributed by atoms with Crippen molar-refractivity contribution in [2.24, 2.45) is 0 Å². The minimum Gasteiger partial charge on any atom is -0.177 e. The maximum Gasteiger partial charge on any atom is 0 e. The van der Waals surface area contributed by atoms with Gasteiger partial charge in [-0.25, -0.2) is 0 Å². The average molecular weight is 268 g/mol. The standard InChI is InChI=1S/3C3H8S.K/c3*1-3(2)4;/h3*3-4H,1-2H3;. The van der Waals surface area contributed by atoms with Crippen LogP contribution in [0.3, 0.4) is 0 Å². The zero-order valence-electron chi connectivity index (χ0n) is 10.1. The molecule has 0 heterocycles. The third-order valence-corrected chi connectivity index (χ3v) is 0. The SMILES string of the molecule is CC(C)S.CC(C)S.CC(C)S.[K]. The molecule has 0 aliphatic carbocycles. The third kappa shape index (κ3) is 328. The Kier molecular flexibility index (Phi) is 38.4. The van der Waals surface area contributed by atoms with Gasteiger partial charge in [0.15, 0.2) is 0 Å². The van der Waals surface area contributed by atoms with Gasteiger partial charge >= 0.3 is 0 Å². The van der Waals surface area contributed by atoms with Gasteiger partial charge in [0, 0.05) is 51.4 Å². The molecule has 0 fully saturated rings. The summed E-state index contributed by atoms with van der Waals surface area (Å²) in [5.41, 5.74) is 0. The van der Waals surface area contributed by atoms with Crippen molar-refractivity contribution in [1.29, 1.82) is 0 Å². The zero-order chi connectivity index (χ0) is 10.7. The van der Waals surface area contributed by atoms with E-state index in [1.54, 1.807) is 0 Å². The molecular formula is C9H24KS3. The van der Waals surface area contributed by atoms with Crippen LogP contribution in [0.15, 0.2) is 0 Å². The minimum atomic E-state index is 0. The van der Waals surface area contributed by atoms with Gasteiger partial charge in [0.2, 0.25) is 0 Å². The Morgan fingerprint density at radius 2 is 0.538 bits per heavy atom. The van der Waals surface area contributed by atoms with Crippen LogP contribution in [0.2, 0.25) is 0 Å². The number of thiol groups is 3. The monoisotopic (exact) mass is 267 g/mol. The number of rotatable bonds is 0. The quantitative estimate of drug-likeness (QED) is 0.433. The molecule has 79 valence electrons. The molecule has 0 spiro atoms. The molecule has 1 radical (unpaired) electrons. The molecule has 0 amide bonds. The fourth-order valence-corrected chi connectivity index (χ4v) is 0. The summed E-state index contributed by atoms with van der Waals surface area (Å²) in [6.07, 6.45) is 0. The van der Waals surface area contributed by atoms with Gasteiger partial charge in [-0.05, 0) is 15.7 Å². The Morgan fingerprint density at radius 1 is 0.538 bits per heavy atom. The van der Waals surface area contributed by atoms with E-state index < -0.39 is 0 Å². The molecule has 0 unspecified atom stereocenters. The number of hydrogen-bond acceptors (Lipinski definition) is 3. The van der Waals surface area contributed by atoms with Crippen molar-refractivity contribution in [3.05, 3.63) is 0 Å². The van der Waals surface area contributed by atoms with Crippen LogP contribution in [-0.4, -0.2) is 67.1 Å². The van der Waals surface area contributed by atoms with Crippen LogP contribution in [0.5, 0.6) is 0 Å². The van der Waals surface area contributed by atoms with E-state index >= 15 is 0 Å². The second-order valence-corrected chi connectivity index (χ2v) is 6.38. The van der Waals surface area contributed by atoms with Gasteiger partial charge < -0.3 is 0 Å². The Hall–Kier alpha value is 2.69. The Balaban J connectivity index is -0.0000000450. The second-order valence-electron chi connectivity index (χ2n) is 3.28. The summed E-state index contributed by atoms with van der Waals surface area (Å²) >= 11 is 11.9. The molecule has 0 N–H and O–H groups in total. The van der Waals surface area contributed by atoms with Crippen molar-refractivity contribution in [2.45, 2.75) is 57.3 Å². The topological polar surface area (TPSA) is 0 Å². The van der Waals surface area contributed by atoms with Crippen LogP contribution in [0, 0.1) is 0 Å². The van der Waals surface area contributed by atoms with Crippen molar-refractivity contribution in [3.8, 4) is 0 Å². The van der Waals surface area contributed by atoms with Crippen molar-refractivity contribution < 1.29 is 0 Å². The van der Waals surface area contributed by atoms with E-state index in [4.69, 9.17) is 0 Å². The molecule has 0 aliphatic rings. The summed E-state index contributed by atoms with van der Waals surface area (Å²) in [7, 11) is 0. The molecule has 0 aromatic rings. The normalized spacial score (nSPS) is 8.31. The minimum absolute atomic E-state index is 0. The van der Waals surface area contributed by atoms with Gasteiger partial charge in [0.1, 0.15) is 0 Å². The van der Waals surface area contributed by atoms with Gasteiger partial charge in [0.25, 0.3) is 0 Å². The molecule has 4 heteroatoms. The molecule has 0 aromatic heterocycles. The summed E-state index contributed by atoms with van der Waals surface area (Å²) in [6.45, 7) is 12.2. The van der Waals surface area contributed by atoms with E-state index in [9.17, 15) is 0 Å². The summed E-state index contributed by atoms with van der Waals surface area (Å²) in [5, 5.41) is 1.58. The Bertz CT molecular complexity index is 43.4.